The van der Waals surface area contributed by atoms with Crippen LogP contribution in [0.15, 0.2) is 71.3 Å². The van der Waals surface area contributed by atoms with Crippen LogP contribution in [0.25, 0.3) is 22.1 Å². The first kappa shape index (κ1) is 21.5. The predicted molar refractivity (Wildman–Crippen MR) is 117 cm³/mol. The third-order valence-electron chi connectivity index (χ3n) is 5.10. The Hall–Kier alpha value is -3.71. The molecule has 0 fully saturated rings. The van der Waals surface area contributed by atoms with Crippen LogP contribution in [0, 0.1) is 5.82 Å². The molecule has 3 N–H and O–H groups in total. The number of benzene rings is 3. The lowest BCUT2D eigenvalue weighted by atomic mass is 9.97. The van der Waals surface area contributed by atoms with Crippen LogP contribution in [0.3, 0.4) is 0 Å². The minimum Gasteiger partial charge on any atom is -0.489 e. The number of alkyl halides is 1. The Balaban J connectivity index is 1.69. The van der Waals surface area contributed by atoms with Gasteiger partial charge >= 0.3 is 5.97 Å². The molecule has 0 saturated heterocycles. The van der Waals surface area contributed by atoms with E-state index in [0.29, 0.717) is 22.5 Å². The topological polar surface area (TPSA) is 85.7 Å². The maximum atomic E-state index is 15.2. The number of halogens is 2. The molecule has 0 radical (unpaired) electrons. The van der Waals surface area contributed by atoms with Gasteiger partial charge in [-0.25, -0.2) is 8.78 Å². The minimum absolute atomic E-state index is 0.140. The first-order valence-electron chi connectivity index (χ1n) is 10.0. The summed E-state index contributed by atoms with van der Waals surface area (Å²) in [6.45, 7) is 0.140. The molecule has 7 heteroatoms. The first-order chi connectivity index (χ1) is 15.4. The van der Waals surface area contributed by atoms with Crippen molar-refractivity contribution in [2.75, 3.05) is 0 Å². The highest BCUT2D eigenvalue weighted by atomic mass is 19.1. The second kappa shape index (κ2) is 9.20. The number of hydrogen-bond donors (Lipinski definition) is 2. The zero-order chi connectivity index (χ0) is 22.7. The van der Waals surface area contributed by atoms with Gasteiger partial charge in [-0.2, -0.15) is 0 Å². The molecule has 4 rings (SSSR count). The second-order valence-corrected chi connectivity index (χ2v) is 7.45. The molecule has 32 heavy (non-hydrogen) atoms. The van der Waals surface area contributed by atoms with E-state index in [1.165, 1.54) is 12.3 Å². The van der Waals surface area contributed by atoms with E-state index in [1.807, 2.05) is 6.07 Å². The zero-order valence-corrected chi connectivity index (χ0v) is 17.1. The molecule has 0 aliphatic carbocycles. The Morgan fingerprint density at radius 1 is 1.06 bits per heavy atom. The Labute approximate surface area is 183 Å². The van der Waals surface area contributed by atoms with Gasteiger partial charge in [-0.05, 0) is 35.4 Å². The van der Waals surface area contributed by atoms with Gasteiger partial charge in [-0.1, -0.05) is 36.4 Å². The average molecular weight is 437 g/mol. The van der Waals surface area contributed by atoms with Crippen molar-refractivity contribution < 1.29 is 27.8 Å². The molecule has 1 atom stereocenters. The SMILES string of the molecule is N[C@@H](F)Cc1cccc(-c2cc(COc3ccccc3CC(=O)O)cc3ccoc23)c1F. The summed E-state index contributed by atoms with van der Waals surface area (Å²) in [5.74, 6) is -1.04. The lowest BCUT2D eigenvalue weighted by Gasteiger charge is -2.13. The summed E-state index contributed by atoms with van der Waals surface area (Å²) in [6, 6.07) is 17.1. The Morgan fingerprint density at radius 2 is 1.84 bits per heavy atom. The highest BCUT2D eigenvalue weighted by Gasteiger charge is 2.17. The van der Waals surface area contributed by atoms with Crippen molar-refractivity contribution in [3.63, 3.8) is 0 Å². The maximum Gasteiger partial charge on any atom is 0.307 e. The number of carbonyl (C=O) groups is 1. The van der Waals surface area contributed by atoms with E-state index in [4.69, 9.17) is 20.0 Å². The molecule has 1 aromatic heterocycles. The molecule has 0 spiro atoms. The van der Waals surface area contributed by atoms with E-state index in [-0.39, 0.29) is 30.6 Å². The number of nitrogens with two attached hydrogens (primary N) is 1. The van der Waals surface area contributed by atoms with Gasteiger partial charge in [0.15, 0.2) is 6.30 Å². The van der Waals surface area contributed by atoms with Crippen LogP contribution in [-0.4, -0.2) is 17.4 Å². The van der Waals surface area contributed by atoms with Crippen molar-refractivity contribution in [2.45, 2.75) is 25.7 Å². The van der Waals surface area contributed by atoms with Gasteiger partial charge in [0.1, 0.15) is 23.8 Å². The molecule has 164 valence electrons. The highest BCUT2D eigenvalue weighted by Crippen LogP contribution is 2.34. The Kier molecular flexibility index (Phi) is 6.18. The van der Waals surface area contributed by atoms with Crippen LogP contribution in [0.5, 0.6) is 5.75 Å². The number of ether oxygens (including phenoxy) is 1. The molecule has 1 heterocycles. The predicted octanol–water partition coefficient (Wildman–Crippen LogP) is 5.24. The monoisotopic (exact) mass is 437 g/mol. The fourth-order valence-electron chi connectivity index (χ4n) is 3.70. The fraction of sp³-hybridized carbons (Fsp3) is 0.160. The quantitative estimate of drug-likeness (QED) is 0.368. The highest BCUT2D eigenvalue weighted by molar-refractivity contribution is 5.93. The average Bonchev–Trinajstić information content (AvgIpc) is 3.22. The third kappa shape index (κ3) is 4.63. The molecule has 0 saturated carbocycles. The summed E-state index contributed by atoms with van der Waals surface area (Å²) < 4.78 is 39.9. The van der Waals surface area contributed by atoms with Crippen LogP contribution in [0.1, 0.15) is 16.7 Å². The van der Waals surface area contributed by atoms with Crippen LogP contribution in [0.4, 0.5) is 8.78 Å². The summed E-state index contributed by atoms with van der Waals surface area (Å²) in [5, 5.41) is 9.86. The molecular weight excluding hydrogens is 416 g/mol. The van der Waals surface area contributed by atoms with Gasteiger partial charge in [0.25, 0.3) is 0 Å². The molecule has 0 aliphatic heterocycles. The van der Waals surface area contributed by atoms with Crippen molar-refractivity contribution in [3.8, 4) is 16.9 Å². The Bertz CT molecular complexity index is 1270. The van der Waals surface area contributed by atoms with Gasteiger partial charge in [0.05, 0.1) is 12.7 Å². The van der Waals surface area contributed by atoms with E-state index in [0.717, 1.165) is 10.9 Å². The van der Waals surface area contributed by atoms with Crippen molar-refractivity contribution in [1.82, 2.24) is 0 Å². The second-order valence-electron chi connectivity index (χ2n) is 7.45. The summed E-state index contributed by atoms with van der Waals surface area (Å²) >= 11 is 0. The van der Waals surface area contributed by atoms with Crippen molar-refractivity contribution >= 4 is 16.9 Å². The first-order valence-corrected chi connectivity index (χ1v) is 10.0. The van der Waals surface area contributed by atoms with Crippen LogP contribution >= 0.6 is 0 Å². The molecular formula is C25H21F2NO4. The molecule has 5 nitrogen and oxygen atoms in total. The number of carboxylic acids is 1. The largest absolute Gasteiger partial charge is 0.489 e. The normalized spacial score (nSPS) is 12.1. The summed E-state index contributed by atoms with van der Waals surface area (Å²) in [6.07, 6.45) is -0.532. The van der Waals surface area contributed by atoms with E-state index in [1.54, 1.807) is 48.5 Å². The fourth-order valence-corrected chi connectivity index (χ4v) is 3.70. The standard InChI is InChI=1S/C25H21F2NO4/c26-22(28)12-17-5-3-6-19(24(17)27)20-11-15(10-18-8-9-31-25(18)20)14-32-21-7-2-1-4-16(21)13-23(29)30/h1-11,22H,12-14,28H2,(H,29,30)/t22-/m1/s1. The van der Waals surface area contributed by atoms with Gasteiger partial charge in [0, 0.05) is 28.5 Å². The number of aliphatic carboxylic acids is 1. The van der Waals surface area contributed by atoms with Crippen molar-refractivity contribution in [1.29, 1.82) is 0 Å². The van der Waals surface area contributed by atoms with Crippen molar-refractivity contribution in [2.24, 2.45) is 5.73 Å². The summed E-state index contributed by atoms with van der Waals surface area (Å²) in [7, 11) is 0. The number of fused-ring (bicyclic) bond motifs is 1. The summed E-state index contributed by atoms with van der Waals surface area (Å²) in [4.78, 5) is 11.1. The summed E-state index contributed by atoms with van der Waals surface area (Å²) in [5.41, 5.74) is 7.98. The Morgan fingerprint density at radius 3 is 2.62 bits per heavy atom. The van der Waals surface area contributed by atoms with Gasteiger partial charge in [-0.15, -0.1) is 0 Å². The number of furan rings is 1. The molecule has 0 aliphatic rings. The number of hydrogen-bond acceptors (Lipinski definition) is 4. The number of rotatable bonds is 8. The maximum absolute atomic E-state index is 15.2. The van der Waals surface area contributed by atoms with Crippen LogP contribution < -0.4 is 10.5 Å². The van der Waals surface area contributed by atoms with Crippen molar-refractivity contribution in [3.05, 3.63) is 89.4 Å². The number of carboxylic acid groups (broad SMARTS) is 1. The lowest BCUT2D eigenvalue weighted by molar-refractivity contribution is -0.136. The van der Waals surface area contributed by atoms with E-state index in [2.05, 4.69) is 0 Å². The minimum atomic E-state index is -1.66. The van der Waals surface area contributed by atoms with E-state index in [9.17, 15) is 9.18 Å². The lowest BCUT2D eigenvalue weighted by Crippen LogP contribution is -2.17. The molecule has 0 bridgehead atoms. The van der Waals surface area contributed by atoms with Crippen LogP contribution in [-0.2, 0) is 24.2 Å². The molecule has 4 aromatic rings. The number of para-hydroxylation sites is 1. The van der Waals surface area contributed by atoms with Gasteiger partial charge in [0.2, 0.25) is 0 Å². The van der Waals surface area contributed by atoms with E-state index < -0.39 is 18.1 Å². The molecule has 0 unspecified atom stereocenters. The van der Waals surface area contributed by atoms with E-state index >= 15 is 4.39 Å². The molecule has 0 amide bonds. The van der Waals surface area contributed by atoms with Crippen LogP contribution in [0.2, 0.25) is 0 Å². The zero-order valence-electron chi connectivity index (χ0n) is 17.1. The smallest absolute Gasteiger partial charge is 0.307 e. The molecule has 3 aromatic carbocycles. The van der Waals surface area contributed by atoms with Gasteiger partial charge < -0.3 is 20.0 Å². The van der Waals surface area contributed by atoms with Gasteiger partial charge in [-0.3, -0.25) is 4.79 Å². The third-order valence-corrected chi connectivity index (χ3v) is 5.10.